The standard InChI is InChI=1S/C23H19N3O3S3/c1-3-10-26-22(29)20-17(19-5-4-11-30-19)12-31-21(20)25-23(26)32-13-18(28)15-6-8-16(9-7-15)24-14(2)27/h3-9,11-12H,1,10,13H2,2H3,(H,24,27). The number of anilines is 1. The topological polar surface area (TPSA) is 81.1 Å². The van der Waals surface area contributed by atoms with Crippen LogP contribution in [0.3, 0.4) is 0 Å². The number of carbonyl (C=O) groups excluding carboxylic acids is 2. The number of nitrogens with zero attached hydrogens (tertiary/aromatic N) is 2. The molecule has 0 saturated heterocycles. The molecule has 1 aromatic carbocycles. The number of hydrogen-bond acceptors (Lipinski definition) is 7. The van der Waals surface area contributed by atoms with Gasteiger partial charge in [0, 0.05) is 40.5 Å². The summed E-state index contributed by atoms with van der Waals surface area (Å²) in [7, 11) is 0. The molecule has 0 spiro atoms. The zero-order valence-corrected chi connectivity index (χ0v) is 19.6. The molecule has 0 saturated carbocycles. The zero-order chi connectivity index (χ0) is 22.7. The maximum absolute atomic E-state index is 13.3. The van der Waals surface area contributed by atoms with Gasteiger partial charge in [0.05, 0.1) is 11.1 Å². The molecule has 0 unspecified atom stereocenters. The average Bonchev–Trinajstić information content (AvgIpc) is 3.44. The Hall–Kier alpha value is -3.01. The monoisotopic (exact) mass is 481 g/mol. The van der Waals surface area contributed by atoms with Crippen molar-refractivity contribution in [2.45, 2.75) is 18.6 Å². The van der Waals surface area contributed by atoms with E-state index in [0.717, 1.165) is 10.4 Å². The molecule has 9 heteroatoms. The van der Waals surface area contributed by atoms with E-state index >= 15 is 0 Å². The van der Waals surface area contributed by atoms with Crippen LogP contribution in [-0.4, -0.2) is 27.0 Å². The van der Waals surface area contributed by atoms with E-state index in [0.29, 0.717) is 33.2 Å². The van der Waals surface area contributed by atoms with Gasteiger partial charge >= 0.3 is 0 Å². The number of benzene rings is 1. The Morgan fingerprint density at radius 3 is 2.66 bits per heavy atom. The summed E-state index contributed by atoms with van der Waals surface area (Å²) in [6, 6.07) is 10.7. The number of Topliss-reactive ketones (excluding diaryl/α,β-unsaturated/α-hetero) is 1. The van der Waals surface area contributed by atoms with E-state index in [1.165, 1.54) is 30.0 Å². The van der Waals surface area contributed by atoms with E-state index in [2.05, 4.69) is 11.9 Å². The summed E-state index contributed by atoms with van der Waals surface area (Å²) in [5.41, 5.74) is 1.92. The van der Waals surface area contributed by atoms with Gasteiger partial charge in [-0.05, 0) is 35.7 Å². The highest BCUT2D eigenvalue weighted by Crippen LogP contribution is 2.34. The first kappa shape index (κ1) is 22.2. The first-order valence-corrected chi connectivity index (χ1v) is 12.4. The number of thiophene rings is 2. The van der Waals surface area contributed by atoms with E-state index in [-0.39, 0.29) is 23.0 Å². The minimum absolute atomic E-state index is 0.0886. The Morgan fingerprint density at radius 1 is 1.22 bits per heavy atom. The van der Waals surface area contributed by atoms with Gasteiger partial charge in [0.2, 0.25) is 5.91 Å². The fourth-order valence-electron chi connectivity index (χ4n) is 3.18. The van der Waals surface area contributed by atoms with Gasteiger partial charge in [-0.15, -0.1) is 29.3 Å². The van der Waals surface area contributed by atoms with Crippen LogP contribution in [0.2, 0.25) is 0 Å². The van der Waals surface area contributed by atoms with Crippen molar-refractivity contribution in [2.24, 2.45) is 0 Å². The molecular formula is C23H19N3O3S3. The van der Waals surface area contributed by atoms with Crippen molar-refractivity contribution in [1.82, 2.24) is 9.55 Å². The molecule has 3 heterocycles. The molecule has 0 bridgehead atoms. The zero-order valence-electron chi connectivity index (χ0n) is 17.2. The predicted molar refractivity (Wildman–Crippen MR) is 133 cm³/mol. The van der Waals surface area contributed by atoms with E-state index in [1.807, 2.05) is 22.9 Å². The fraction of sp³-hybridized carbons (Fsp3) is 0.130. The number of rotatable bonds is 8. The highest BCUT2D eigenvalue weighted by molar-refractivity contribution is 7.99. The maximum Gasteiger partial charge on any atom is 0.263 e. The molecule has 0 fully saturated rings. The number of fused-ring (bicyclic) bond motifs is 1. The van der Waals surface area contributed by atoms with Crippen LogP contribution in [0.1, 0.15) is 17.3 Å². The van der Waals surface area contributed by atoms with Gasteiger partial charge in [-0.3, -0.25) is 19.0 Å². The fourth-order valence-corrected chi connectivity index (χ4v) is 5.88. The minimum Gasteiger partial charge on any atom is -0.326 e. The van der Waals surface area contributed by atoms with E-state index in [4.69, 9.17) is 4.98 Å². The summed E-state index contributed by atoms with van der Waals surface area (Å²) >= 11 is 4.24. The summed E-state index contributed by atoms with van der Waals surface area (Å²) in [5.74, 6) is -0.121. The van der Waals surface area contributed by atoms with Crippen LogP contribution in [0.15, 0.2) is 69.8 Å². The SMILES string of the molecule is C=CCn1c(SCC(=O)c2ccc(NC(C)=O)cc2)nc2scc(-c3cccs3)c2c1=O. The number of carbonyl (C=O) groups is 2. The maximum atomic E-state index is 13.3. The van der Waals surface area contributed by atoms with Gasteiger partial charge in [-0.2, -0.15) is 0 Å². The van der Waals surface area contributed by atoms with Crippen molar-refractivity contribution in [3.05, 3.63) is 75.7 Å². The minimum atomic E-state index is -0.169. The highest BCUT2D eigenvalue weighted by Gasteiger charge is 2.18. The number of allylic oxidation sites excluding steroid dienone is 1. The van der Waals surface area contributed by atoms with Crippen molar-refractivity contribution in [1.29, 1.82) is 0 Å². The molecule has 0 atom stereocenters. The summed E-state index contributed by atoms with van der Waals surface area (Å²) in [4.78, 5) is 43.5. The normalized spacial score (nSPS) is 10.9. The average molecular weight is 482 g/mol. The van der Waals surface area contributed by atoms with Crippen LogP contribution in [0.25, 0.3) is 20.7 Å². The van der Waals surface area contributed by atoms with Crippen LogP contribution in [0, 0.1) is 0 Å². The van der Waals surface area contributed by atoms with Crippen LogP contribution in [0.4, 0.5) is 5.69 Å². The van der Waals surface area contributed by atoms with Gasteiger partial charge in [-0.25, -0.2) is 4.98 Å². The van der Waals surface area contributed by atoms with Crippen LogP contribution in [0.5, 0.6) is 0 Å². The molecule has 32 heavy (non-hydrogen) atoms. The second-order valence-electron chi connectivity index (χ2n) is 6.88. The summed E-state index contributed by atoms with van der Waals surface area (Å²) < 4.78 is 1.57. The highest BCUT2D eigenvalue weighted by atomic mass is 32.2. The molecule has 3 aromatic heterocycles. The third kappa shape index (κ3) is 4.59. The van der Waals surface area contributed by atoms with E-state index in [1.54, 1.807) is 46.2 Å². The lowest BCUT2D eigenvalue weighted by atomic mass is 10.1. The Labute approximate surface area is 196 Å². The van der Waals surface area contributed by atoms with Crippen LogP contribution in [-0.2, 0) is 11.3 Å². The van der Waals surface area contributed by atoms with Gasteiger partial charge in [0.25, 0.3) is 5.56 Å². The molecule has 4 aromatic rings. The summed E-state index contributed by atoms with van der Waals surface area (Å²) in [6.07, 6.45) is 1.65. The van der Waals surface area contributed by atoms with Crippen molar-refractivity contribution >= 4 is 62.0 Å². The molecule has 1 N–H and O–H groups in total. The van der Waals surface area contributed by atoms with Crippen LogP contribution < -0.4 is 10.9 Å². The summed E-state index contributed by atoms with van der Waals surface area (Å²) in [5, 5.41) is 7.70. The molecule has 0 aliphatic rings. The number of amides is 1. The molecular weight excluding hydrogens is 462 g/mol. The van der Waals surface area contributed by atoms with E-state index in [9.17, 15) is 14.4 Å². The number of nitrogens with one attached hydrogen (secondary N) is 1. The van der Waals surface area contributed by atoms with Gasteiger partial charge in [-0.1, -0.05) is 23.9 Å². The first-order valence-electron chi connectivity index (χ1n) is 9.68. The van der Waals surface area contributed by atoms with Gasteiger partial charge in [0.1, 0.15) is 4.83 Å². The Kier molecular flexibility index (Phi) is 6.69. The summed E-state index contributed by atoms with van der Waals surface area (Å²) in [6.45, 7) is 5.50. The van der Waals surface area contributed by atoms with Crippen molar-refractivity contribution in [2.75, 3.05) is 11.1 Å². The molecule has 1 amide bonds. The lowest BCUT2D eigenvalue weighted by Gasteiger charge is -2.10. The molecule has 0 aliphatic heterocycles. The van der Waals surface area contributed by atoms with Crippen LogP contribution >= 0.6 is 34.4 Å². The first-order chi connectivity index (χ1) is 15.5. The quantitative estimate of drug-likeness (QED) is 0.160. The molecule has 162 valence electrons. The largest absolute Gasteiger partial charge is 0.326 e. The molecule has 0 aliphatic carbocycles. The third-order valence-electron chi connectivity index (χ3n) is 4.62. The van der Waals surface area contributed by atoms with Crippen molar-refractivity contribution < 1.29 is 9.59 Å². The lowest BCUT2D eigenvalue weighted by molar-refractivity contribution is -0.114. The second kappa shape index (κ2) is 9.64. The Bertz CT molecular complexity index is 1350. The molecule has 6 nitrogen and oxygen atoms in total. The third-order valence-corrected chi connectivity index (χ3v) is 7.37. The number of hydrogen-bond donors (Lipinski definition) is 1. The molecule has 4 rings (SSSR count). The number of aromatic nitrogens is 2. The van der Waals surface area contributed by atoms with Crippen molar-refractivity contribution in [3.8, 4) is 10.4 Å². The van der Waals surface area contributed by atoms with Crippen molar-refractivity contribution in [3.63, 3.8) is 0 Å². The Morgan fingerprint density at radius 2 is 2.00 bits per heavy atom. The van der Waals surface area contributed by atoms with Gasteiger partial charge in [0.15, 0.2) is 10.9 Å². The van der Waals surface area contributed by atoms with Gasteiger partial charge < -0.3 is 5.32 Å². The number of thioether (sulfide) groups is 1. The number of ketones is 1. The molecule has 0 radical (unpaired) electrons. The lowest BCUT2D eigenvalue weighted by Crippen LogP contribution is -2.23. The second-order valence-corrected chi connectivity index (χ2v) is 9.62. The van der Waals surface area contributed by atoms with E-state index < -0.39 is 0 Å². The predicted octanol–water partition coefficient (Wildman–Crippen LogP) is 5.31. The smallest absolute Gasteiger partial charge is 0.263 e. The Balaban J connectivity index is 1.60.